The number of alkyl halides is 3. The first-order valence-corrected chi connectivity index (χ1v) is 12.1. The normalized spacial score (nSPS) is 11.7. The van der Waals surface area contributed by atoms with Gasteiger partial charge in [0.2, 0.25) is 0 Å². The van der Waals surface area contributed by atoms with Crippen LogP contribution in [0.1, 0.15) is 50.0 Å². The molecule has 16 heteroatoms. The average Bonchev–Trinajstić information content (AvgIpc) is 3.32. The number of halogens is 3. The number of nitrogens with zero attached hydrogens (tertiary/aromatic N) is 1. The Kier molecular flexibility index (Phi) is 19.7. The molecular formula is C25H39F3N6O7. The number of benzene rings is 1. The highest BCUT2D eigenvalue weighted by Gasteiger charge is 2.29. The number of carboxylic acid groups (broad SMARTS) is 3. The number of nitrogens with two attached hydrogens (primary N) is 3. The summed E-state index contributed by atoms with van der Waals surface area (Å²) >= 11 is 0. The molecule has 0 fully saturated rings. The Morgan fingerprint density at radius 2 is 1.59 bits per heavy atom. The zero-order valence-corrected chi connectivity index (χ0v) is 23.0. The Balaban J connectivity index is 0. The molecule has 0 saturated heterocycles. The van der Waals surface area contributed by atoms with E-state index in [1.807, 2.05) is 20.8 Å². The van der Waals surface area contributed by atoms with E-state index in [1.165, 1.54) is 6.39 Å². The van der Waals surface area contributed by atoms with Gasteiger partial charge in [-0.15, -0.1) is 0 Å². The Morgan fingerprint density at radius 1 is 1.05 bits per heavy atom. The predicted octanol–water partition coefficient (Wildman–Crippen LogP) is 2.42. The van der Waals surface area contributed by atoms with Crippen molar-refractivity contribution in [3.8, 4) is 0 Å². The number of carboxylic acids is 3. The average molecular weight is 593 g/mol. The zero-order chi connectivity index (χ0) is 32.2. The van der Waals surface area contributed by atoms with Gasteiger partial charge in [-0.2, -0.15) is 13.2 Å². The van der Waals surface area contributed by atoms with Gasteiger partial charge in [0.25, 0.3) is 0 Å². The van der Waals surface area contributed by atoms with Crippen molar-refractivity contribution in [1.82, 2.24) is 10.3 Å². The van der Waals surface area contributed by atoms with E-state index in [2.05, 4.69) is 10.3 Å². The zero-order valence-electron chi connectivity index (χ0n) is 23.0. The summed E-state index contributed by atoms with van der Waals surface area (Å²) in [6.45, 7) is 6.23. The number of hydrogen-bond acceptors (Lipinski definition) is 8. The van der Waals surface area contributed by atoms with E-state index in [-0.39, 0.29) is 12.4 Å². The summed E-state index contributed by atoms with van der Waals surface area (Å²) < 4.78 is 40.9. The van der Waals surface area contributed by atoms with Gasteiger partial charge in [-0.05, 0) is 49.8 Å². The minimum absolute atomic E-state index is 0.112. The highest BCUT2D eigenvalue weighted by molar-refractivity contribution is 5.74. The second kappa shape index (κ2) is 20.7. The van der Waals surface area contributed by atoms with E-state index < -0.39 is 41.7 Å². The van der Waals surface area contributed by atoms with Crippen LogP contribution in [0.25, 0.3) is 0 Å². The highest BCUT2D eigenvalue weighted by atomic mass is 19.4. The van der Waals surface area contributed by atoms with Gasteiger partial charge in [-0.25, -0.2) is 4.98 Å². The standard InChI is InChI=1S/C9H7F3O2.C6H14N4O2.C6H13NO2.C4H5NO/c10-9(11,12)7-3-1-6(2-4-7)5-8(13)14;7-4(5(11)12)2-1-3-10-6(8)9;1-4(2)3-5(7)6(8)9;1-4-2-5-3-6-4/h1-4H,5H2,(H,13,14);4H,1-3,7H2,(H,11,12)(H4,8,9,10);4-5H,3,7H2,1-2H3,(H,8,9);2-3H,1H3/t;4-;5-;/m.00./s1. The number of aryl methyl sites for hydroxylation is 1. The Hall–Kier alpha value is -4.18. The number of aliphatic carboxylic acids is 3. The molecule has 0 spiro atoms. The second-order valence-corrected chi connectivity index (χ2v) is 8.88. The lowest BCUT2D eigenvalue weighted by Gasteiger charge is -2.07. The first kappa shape index (κ1) is 39.0. The third-order valence-electron chi connectivity index (χ3n) is 4.56. The van der Waals surface area contributed by atoms with Gasteiger partial charge in [0.05, 0.1) is 18.2 Å². The molecule has 2 atom stereocenters. The van der Waals surface area contributed by atoms with Crippen molar-refractivity contribution in [2.45, 2.75) is 64.7 Å². The van der Waals surface area contributed by atoms with Gasteiger partial charge in [-0.1, -0.05) is 26.0 Å². The molecule has 2 rings (SSSR count). The maximum Gasteiger partial charge on any atom is 0.416 e. The van der Waals surface area contributed by atoms with Crippen molar-refractivity contribution in [3.05, 3.63) is 53.7 Å². The van der Waals surface area contributed by atoms with Gasteiger partial charge >= 0.3 is 24.1 Å². The topological polar surface area (TPSA) is 252 Å². The predicted molar refractivity (Wildman–Crippen MR) is 144 cm³/mol. The van der Waals surface area contributed by atoms with E-state index in [0.29, 0.717) is 37.3 Å². The molecular weight excluding hydrogens is 553 g/mol. The van der Waals surface area contributed by atoms with E-state index in [4.69, 9.17) is 42.3 Å². The maximum absolute atomic E-state index is 12.1. The highest BCUT2D eigenvalue weighted by Crippen LogP contribution is 2.29. The number of rotatable bonds is 10. The molecule has 1 aromatic carbocycles. The summed E-state index contributed by atoms with van der Waals surface area (Å²) in [5, 5.41) is 34.4. The lowest BCUT2D eigenvalue weighted by atomic mass is 10.1. The smallest absolute Gasteiger partial charge is 0.416 e. The molecule has 11 N–H and O–H groups in total. The number of aromatic nitrogens is 1. The van der Waals surface area contributed by atoms with Crippen LogP contribution in [0, 0.1) is 18.3 Å². The largest absolute Gasteiger partial charge is 0.481 e. The summed E-state index contributed by atoms with van der Waals surface area (Å²) in [6.07, 6.45) is -0.0345. The van der Waals surface area contributed by atoms with Crippen LogP contribution in [0.2, 0.25) is 0 Å². The van der Waals surface area contributed by atoms with Crippen molar-refractivity contribution in [2.75, 3.05) is 6.54 Å². The molecule has 232 valence electrons. The molecule has 0 aliphatic heterocycles. The van der Waals surface area contributed by atoms with Crippen molar-refractivity contribution >= 4 is 23.9 Å². The van der Waals surface area contributed by atoms with Gasteiger partial charge in [0, 0.05) is 6.54 Å². The first-order chi connectivity index (χ1) is 18.9. The monoisotopic (exact) mass is 592 g/mol. The van der Waals surface area contributed by atoms with E-state index in [1.54, 1.807) is 6.20 Å². The van der Waals surface area contributed by atoms with Gasteiger partial charge in [0.15, 0.2) is 12.4 Å². The number of carbonyl (C=O) groups is 3. The fraction of sp³-hybridized carbons (Fsp3) is 0.480. The maximum atomic E-state index is 12.1. The van der Waals surface area contributed by atoms with Crippen molar-refractivity contribution < 1.29 is 47.3 Å². The summed E-state index contributed by atoms with van der Waals surface area (Å²) in [5.41, 5.74) is 15.0. The molecule has 0 amide bonds. The molecule has 0 radical (unpaired) electrons. The Labute approximate surface area is 235 Å². The first-order valence-electron chi connectivity index (χ1n) is 12.1. The fourth-order valence-electron chi connectivity index (χ4n) is 2.54. The fourth-order valence-corrected chi connectivity index (χ4v) is 2.54. The number of nitrogens with one attached hydrogen (secondary N) is 2. The molecule has 1 heterocycles. The molecule has 0 unspecified atom stereocenters. The number of guanidine groups is 1. The van der Waals surface area contributed by atoms with Gasteiger partial charge in [-0.3, -0.25) is 19.8 Å². The summed E-state index contributed by atoms with van der Waals surface area (Å²) in [6, 6.07) is 2.56. The molecule has 41 heavy (non-hydrogen) atoms. The van der Waals surface area contributed by atoms with Crippen LogP contribution in [0.5, 0.6) is 0 Å². The van der Waals surface area contributed by atoms with Gasteiger partial charge < -0.3 is 42.3 Å². The van der Waals surface area contributed by atoms with Crippen LogP contribution >= 0.6 is 0 Å². The number of oxazole rings is 1. The summed E-state index contributed by atoms with van der Waals surface area (Å²) in [5.74, 6) is -1.88. The number of hydrogen-bond donors (Lipinski definition) is 8. The molecule has 0 bridgehead atoms. The van der Waals surface area contributed by atoms with E-state index >= 15 is 0 Å². The summed E-state index contributed by atoms with van der Waals surface area (Å²) in [4.78, 5) is 34.2. The molecule has 2 aromatic rings. The van der Waals surface area contributed by atoms with Crippen LogP contribution in [-0.4, -0.2) is 62.8 Å². The second-order valence-electron chi connectivity index (χ2n) is 8.88. The van der Waals surface area contributed by atoms with E-state index in [0.717, 1.165) is 30.0 Å². The van der Waals surface area contributed by atoms with Gasteiger partial charge in [0.1, 0.15) is 17.8 Å². The van der Waals surface area contributed by atoms with E-state index in [9.17, 15) is 27.6 Å². The van der Waals surface area contributed by atoms with Crippen LogP contribution in [-0.2, 0) is 27.0 Å². The van der Waals surface area contributed by atoms with Crippen LogP contribution in [0.4, 0.5) is 13.2 Å². The van der Waals surface area contributed by atoms with Crippen molar-refractivity contribution in [2.24, 2.45) is 23.1 Å². The third-order valence-corrected chi connectivity index (χ3v) is 4.56. The minimum atomic E-state index is -4.37. The molecule has 13 nitrogen and oxygen atoms in total. The lowest BCUT2D eigenvalue weighted by Crippen LogP contribution is -2.34. The van der Waals surface area contributed by atoms with Crippen LogP contribution in [0.3, 0.4) is 0 Å². The SMILES string of the molecule is CC(C)C[C@H](N)C(=O)O.Cc1cnco1.N=C(N)NCCC[C@H](N)C(=O)O.O=C(O)Cc1ccc(C(F)(F)F)cc1. The van der Waals surface area contributed by atoms with Crippen LogP contribution in [0.15, 0.2) is 41.3 Å². The molecule has 0 aliphatic carbocycles. The third kappa shape index (κ3) is 23.4. The van der Waals surface area contributed by atoms with Crippen molar-refractivity contribution in [1.29, 1.82) is 5.41 Å². The molecule has 1 aromatic heterocycles. The summed E-state index contributed by atoms with van der Waals surface area (Å²) in [7, 11) is 0. The lowest BCUT2D eigenvalue weighted by molar-refractivity contribution is -0.139. The van der Waals surface area contributed by atoms with Crippen LogP contribution < -0.4 is 22.5 Å². The molecule has 0 saturated carbocycles. The molecule has 0 aliphatic rings. The van der Waals surface area contributed by atoms with Crippen molar-refractivity contribution in [3.63, 3.8) is 0 Å². The quantitative estimate of drug-likeness (QED) is 0.112. The Morgan fingerprint density at radius 3 is 1.88 bits per heavy atom. The Bertz CT molecular complexity index is 1030. The minimum Gasteiger partial charge on any atom is -0.481 e.